The van der Waals surface area contributed by atoms with Crippen LogP contribution in [0.1, 0.15) is 37.7 Å². The van der Waals surface area contributed by atoms with Crippen LogP contribution < -0.4 is 11.1 Å². The van der Waals surface area contributed by atoms with Crippen LogP contribution in [0.5, 0.6) is 0 Å². The van der Waals surface area contributed by atoms with Gasteiger partial charge in [-0.1, -0.05) is 31.0 Å². The van der Waals surface area contributed by atoms with Crippen LogP contribution in [0.15, 0.2) is 24.3 Å². The van der Waals surface area contributed by atoms with Gasteiger partial charge in [0.05, 0.1) is 5.54 Å². The molecule has 2 fully saturated rings. The molecule has 126 valence electrons. The molecule has 0 unspecified atom stereocenters. The monoisotopic (exact) mass is 319 g/mol. The van der Waals surface area contributed by atoms with Crippen molar-refractivity contribution in [2.45, 2.75) is 44.2 Å². The SMILES string of the molecule is NC1(C(=O)NC[C@@H]2CCN(Cc3ccccc3F)C2)CCCC1. The first-order chi connectivity index (χ1) is 11.1. The lowest BCUT2D eigenvalue weighted by Crippen LogP contribution is -2.52. The minimum Gasteiger partial charge on any atom is -0.354 e. The molecule has 0 spiro atoms. The topological polar surface area (TPSA) is 58.4 Å². The molecule has 2 aliphatic rings. The minimum atomic E-state index is -0.647. The van der Waals surface area contributed by atoms with Crippen molar-refractivity contribution < 1.29 is 9.18 Å². The number of halogens is 1. The number of nitrogens with one attached hydrogen (secondary N) is 1. The highest BCUT2D eigenvalue weighted by Gasteiger charge is 2.37. The lowest BCUT2D eigenvalue weighted by Gasteiger charge is -2.23. The van der Waals surface area contributed by atoms with E-state index in [2.05, 4.69) is 10.2 Å². The highest BCUT2D eigenvalue weighted by Crippen LogP contribution is 2.27. The molecule has 1 aliphatic carbocycles. The average molecular weight is 319 g/mol. The van der Waals surface area contributed by atoms with E-state index in [4.69, 9.17) is 5.73 Å². The number of likely N-dealkylation sites (tertiary alicyclic amines) is 1. The number of hydrogen-bond donors (Lipinski definition) is 2. The Labute approximate surface area is 137 Å². The predicted octanol–water partition coefficient (Wildman–Crippen LogP) is 2.04. The maximum Gasteiger partial charge on any atom is 0.240 e. The fourth-order valence-electron chi connectivity index (χ4n) is 3.74. The Bertz CT molecular complexity index is 557. The summed E-state index contributed by atoms with van der Waals surface area (Å²) in [6.07, 6.45) is 4.71. The molecule has 5 heteroatoms. The fourth-order valence-corrected chi connectivity index (χ4v) is 3.74. The Morgan fingerprint density at radius 2 is 2.09 bits per heavy atom. The number of amides is 1. The van der Waals surface area contributed by atoms with E-state index >= 15 is 0 Å². The zero-order valence-corrected chi connectivity index (χ0v) is 13.6. The van der Waals surface area contributed by atoms with E-state index in [-0.39, 0.29) is 11.7 Å². The van der Waals surface area contributed by atoms with Crippen LogP contribution in [0.25, 0.3) is 0 Å². The summed E-state index contributed by atoms with van der Waals surface area (Å²) in [7, 11) is 0. The molecule has 1 atom stereocenters. The number of benzene rings is 1. The summed E-state index contributed by atoms with van der Waals surface area (Å²) in [5.41, 5.74) is 6.26. The molecule has 1 heterocycles. The number of carbonyl (C=O) groups is 1. The second-order valence-corrected chi connectivity index (χ2v) is 7.05. The van der Waals surface area contributed by atoms with Gasteiger partial charge in [0, 0.05) is 25.2 Å². The lowest BCUT2D eigenvalue weighted by atomic mass is 9.97. The van der Waals surface area contributed by atoms with E-state index in [1.165, 1.54) is 6.07 Å². The predicted molar refractivity (Wildman–Crippen MR) is 88.2 cm³/mol. The van der Waals surface area contributed by atoms with Crippen molar-refractivity contribution >= 4 is 5.91 Å². The van der Waals surface area contributed by atoms with Crippen LogP contribution in [-0.2, 0) is 11.3 Å². The van der Waals surface area contributed by atoms with E-state index in [1.54, 1.807) is 6.07 Å². The van der Waals surface area contributed by atoms with E-state index in [9.17, 15) is 9.18 Å². The first-order valence-corrected chi connectivity index (χ1v) is 8.60. The summed E-state index contributed by atoms with van der Waals surface area (Å²) in [6.45, 7) is 3.15. The minimum absolute atomic E-state index is 0.00236. The second-order valence-electron chi connectivity index (χ2n) is 7.05. The maximum atomic E-state index is 13.7. The molecule has 4 nitrogen and oxygen atoms in total. The zero-order chi connectivity index (χ0) is 16.3. The van der Waals surface area contributed by atoms with Gasteiger partial charge in [0.15, 0.2) is 0 Å². The third-order valence-corrected chi connectivity index (χ3v) is 5.22. The molecule has 23 heavy (non-hydrogen) atoms. The summed E-state index contributed by atoms with van der Waals surface area (Å²) >= 11 is 0. The number of carbonyl (C=O) groups excluding carboxylic acids is 1. The number of rotatable bonds is 5. The molecule has 3 rings (SSSR count). The van der Waals surface area contributed by atoms with Crippen LogP contribution >= 0.6 is 0 Å². The van der Waals surface area contributed by atoms with Crippen molar-refractivity contribution in [1.29, 1.82) is 0 Å². The second kappa shape index (κ2) is 6.97. The molecular weight excluding hydrogens is 293 g/mol. The Kier molecular flexibility index (Phi) is 4.97. The Hall–Kier alpha value is -1.46. The van der Waals surface area contributed by atoms with Crippen LogP contribution in [0.4, 0.5) is 4.39 Å². The maximum absolute atomic E-state index is 13.7. The van der Waals surface area contributed by atoms with Crippen molar-refractivity contribution in [2.75, 3.05) is 19.6 Å². The molecule has 1 saturated carbocycles. The normalized spacial score (nSPS) is 24.0. The van der Waals surface area contributed by atoms with E-state index in [1.807, 2.05) is 12.1 Å². The van der Waals surface area contributed by atoms with Gasteiger partial charge in [0.1, 0.15) is 5.82 Å². The zero-order valence-electron chi connectivity index (χ0n) is 13.6. The quantitative estimate of drug-likeness (QED) is 0.873. The van der Waals surface area contributed by atoms with E-state index in [0.29, 0.717) is 19.0 Å². The standard InChI is InChI=1S/C18H26FN3O/c19-16-6-2-1-5-15(16)13-22-10-7-14(12-22)11-21-17(23)18(20)8-3-4-9-18/h1-2,5-6,14H,3-4,7-13,20H2,(H,21,23)/t14-/m0/s1. The van der Waals surface area contributed by atoms with Gasteiger partial charge in [-0.15, -0.1) is 0 Å². The number of nitrogens with zero attached hydrogens (tertiary/aromatic N) is 1. The molecular formula is C18H26FN3O. The first kappa shape index (κ1) is 16.4. The molecule has 1 aliphatic heterocycles. The van der Waals surface area contributed by atoms with Gasteiger partial charge in [0.25, 0.3) is 0 Å². The molecule has 0 aromatic heterocycles. The van der Waals surface area contributed by atoms with Crippen molar-refractivity contribution in [1.82, 2.24) is 10.2 Å². The van der Waals surface area contributed by atoms with Crippen LogP contribution in [0.2, 0.25) is 0 Å². The summed E-state index contributed by atoms with van der Waals surface area (Å²) in [5.74, 6) is 0.286. The summed E-state index contributed by atoms with van der Waals surface area (Å²) in [4.78, 5) is 14.5. The molecule has 1 amide bonds. The van der Waals surface area contributed by atoms with Gasteiger partial charge in [0.2, 0.25) is 5.91 Å². The smallest absolute Gasteiger partial charge is 0.240 e. The fraction of sp³-hybridized carbons (Fsp3) is 0.611. The highest BCUT2D eigenvalue weighted by atomic mass is 19.1. The molecule has 3 N–H and O–H groups in total. The number of hydrogen-bond acceptors (Lipinski definition) is 3. The lowest BCUT2D eigenvalue weighted by molar-refractivity contribution is -0.126. The summed E-state index contributed by atoms with van der Waals surface area (Å²) in [6, 6.07) is 6.93. The summed E-state index contributed by atoms with van der Waals surface area (Å²) < 4.78 is 13.7. The molecule has 1 aromatic carbocycles. The highest BCUT2D eigenvalue weighted by molar-refractivity contribution is 5.86. The third-order valence-electron chi connectivity index (χ3n) is 5.22. The Morgan fingerprint density at radius 3 is 2.83 bits per heavy atom. The van der Waals surface area contributed by atoms with Crippen LogP contribution in [0, 0.1) is 11.7 Å². The molecule has 0 bridgehead atoms. The van der Waals surface area contributed by atoms with Gasteiger partial charge in [-0.25, -0.2) is 4.39 Å². The molecule has 1 saturated heterocycles. The average Bonchev–Trinajstić information content (AvgIpc) is 3.17. The third kappa shape index (κ3) is 3.90. The van der Waals surface area contributed by atoms with Crippen LogP contribution in [-0.4, -0.2) is 36.0 Å². The Balaban J connectivity index is 1.45. The first-order valence-electron chi connectivity index (χ1n) is 8.60. The Morgan fingerprint density at radius 1 is 1.35 bits per heavy atom. The largest absolute Gasteiger partial charge is 0.354 e. The van der Waals surface area contributed by atoms with Gasteiger partial charge in [-0.05, 0) is 37.8 Å². The van der Waals surface area contributed by atoms with Crippen LogP contribution in [0.3, 0.4) is 0 Å². The van der Waals surface area contributed by atoms with Crippen molar-refractivity contribution in [3.63, 3.8) is 0 Å². The molecule has 1 aromatic rings. The summed E-state index contributed by atoms with van der Waals surface area (Å²) in [5, 5.41) is 3.04. The van der Waals surface area contributed by atoms with Gasteiger partial charge in [-0.2, -0.15) is 0 Å². The van der Waals surface area contributed by atoms with E-state index in [0.717, 1.165) is 50.8 Å². The van der Waals surface area contributed by atoms with Gasteiger partial charge < -0.3 is 11.1 Å². The van der Waals surface area contributed by atoms with Gasteiger partial charge >= 0.3 is 0 Å². The van der Waals surface area contributed by atoms with Gasteiger partial charge in [-0.3, -0.25) is 9.69 Å². The van der Waals surface area contributed by atoms with E-state index < -0.39 is 5.54 Å². The number of nitrogens with two attached hydrogens (primary N) is 1. The van der Waals surface area contributed by atoms with Crippen molar-refractivity contribution in [3.8, 4) is 0 Å². The van der Waals surface area contributed by atoms with Crippen molar-refractivity contribution in [3.05, 3.63) is 35.6 Å². The van der Waals surface area contributed by atoms with Crippen molar-refractivity contribution in [2.24, 2.45) is 11.7 Å². The molecule has 0 radical (unpaired) electrons.